The summed E-state index contributed by atoms with van der Waals surface area (Å²) < 4.78 is 11.1. The maximum absolute atomic E-state index is 5.84. The van der Waals surface area contributed by atoms with Crippen LogP contribution in [0.4, 0.5) is 0 Å². The first-order valence-corrected chi connectivity index (χ1v) is 7.01. The Hall–Kier alpha value is -1.59. The number of ether oxygens (including phenoxy) is 2. The van der Waals surface area contributed by atoms with Gasteiger partial charge in [0.25, 0.3) is 0 Å². The van der Waals surface area contributed by atoms with Gasteiger partial charge in [0, 0.05) is 17.1 Å². The van der Waals surface area contributed by atoms with Gasteiger partial charge >= 0.3 is 0 Å². The van der Waals surface area contributed by atoms with Crippen molar-refractivity contribution in [3.8, 4) is 11.5 Å². The van der Waals surface area contributed by atoms with Crippen LogP contribution in [0.3, 0.4) is 0 Å². The van der Waals surface area contributed by atoms with Crippen LogP contribution in [-0.2, 0) is 13.0 Å². The molecule has 0 bridgehead atoms. The van der Waals surface area contributed by atoms with Gasteiger partial charge in [-0.1, -0.05) is 6.07 Å². The van der Waals surface area contributed by atoms with E-state index in [1.807, 2.05) is 30.5 Å². The zero-order valence-corrected chi connectivity index (χ0v) is 12.0. The van der Waals surface area contributed by atoms with E-state index in [-0.39, 0.29) is 0 Å². The highest BCUT2D eigenvalue weighted by molar-refractivity contribution is 7.09. The van der Waals surface area contributed by atoms with Crippen molar-refractivity contribution in [2.24, 2.45) is 5.73 Å². The zero-order valence-electron chi connectivity index (χ0n) is 11.2. The van der Waals surface area contributed by atoms with Crippen molar-refractivity contribution in [1.29, 1.82) is 0 Å². The molecule has 0 aliphatic heterocycles. The fourth-order valence-corrected chi connectivity index (χ4v) is 2.45. The highest BCUT2D eigenvalue weighted by Gasteiger charge is 2.07. The number of methoxy groups -OCH3 is 1. The molecule has 0 radical (unpaired) electrons. The minimum absolute atomic E-state index is 0.475. The molecule has 0 atom stereocenters. The third-order valence-electron chi connectivity index (χ3n) is 2.71. The molecule has 0 unspecified atom stereocenters. The van der Waals surface area contributed by atoms with Crippen LogP contribution in [0.1, 0.15) is 16.3 Å². The lowest BCUT2D eigenvalue weighted by atomic mass is 10.1. The number of aromatic nitrogens is 1. The summed E-state index contributed by atoms with van der Waals surface area (Å²) in [5.41, 5.74) is 7.73. The second-order valence-electron chi connectivity index (χ2n) is 4.18. The van der Waals surface area contributed by atoms with Crippen molar-refractivity contribution < 1.29 is 9.47 Å². The van der Waals surface area contributed by atoms with Crippen molar-refractivity contribution in [2.75, 3.05) is 13.7 Å². The van der Waals surface area contributed by atoms with Crippen molar-refractivity contribution >= 4 is 11.3 Å². The standard InChI is InChI=1S/C14H18N2O2S/c1-10-9-19-14(16-10)8-18-13-7-12(17-2)4-3-11(13)5-6-15/h3-4,7,9H,5-6,8,15H2,1-2H3. The Bertz CT molecular complexity index is 540. The molecule has 4 nitrogen and oxygen atoms in total. The highest BCUT2D eigenvalue weighted by atomic mass is 32.1. The lowest BCUT2D eigenvalue weighted by Crippen LogP contribution is -2.05. The smallest absolute Gasteiger partial charge is 0.140 e. The van der Waals surface area contributed by atoms with Gasteiger partial charge in [-0.2, -0.15) is 0 Å². The third-order valence-corrected chi connectivity index (χ3v) is 3.65. The largest absolute Gasteiger partial charge is 0.497 e. The second kappa shape index (κ2) is 6.54. The molecular weight excluding hydrogens is 260 g/mol. The molecule has 2 aromatic rings. The van der Waals surface area contributed by atoms with Gasteiger partial charge in [-0.25, -0.2) is 4.98 Å². The predicted octanol–water partition coefficient (Wildman–Crippen LogP) is 2.54. The van der Waals surface area contributed by atoms with Crippen LogP contribution in [0.5, 0.6) is 11.5 Å². The molecule has 0 aliphatic rings. The molecule has 0 amide bonds. The normalized spacial score (nSPS) is 10.5. The van der Waals surface area contributed by atoms with Gasteiger partial charge in [-0.05, 0) is 31.5 Å². The van der Waals surface area contributed by atoms with E-state index >= 15 is 0 Å². The first-order valence-electron chi connectivity index (χ1n) is 6.13. The molecule has 0 saturated carbocycles. The van der Waals surface area contributed by atoms with Crippen molar-refractivity contribution in [3.05, 3.63) is 39.8 Å². The molecule has 102 valence electrons. The Kier molecular flexibility index (Phi) is 4.76. The molecule has 1 aromatic heterocycles. The van der Waals surface area contributed by atoms with Gasteiger partial charge in [0.05, 0.1) is 7.11 Å². The van der Waals surface area contributed by atoms with E-state index < -0.39 is 0 Å². The topological polar surface area (TPSA) is 57.4 Å². The number of hydrogen-bond donors (Lipinski definition) is 1. The average molecular weight is 278 g/mol. The van der Waals surface area contributed by atoms with Crippen LogP contribution in [0, 0.1) is 6.92 Å². The predicted molar refractivity (Wildman–Crippen MR) is 76.9 cm³/mol. The van der Waals surface area contributed by atoms with Gasteiger partial charge < -0.3 is 15.2 Å². The Morgan fingerprint density at radius 2 is 2.21 bits per heavy atom. The molecule has 2 N–H and O–H groups in total. The van der Waals surface area contributed by atoms with E-state index in [9.17, 15) is 0 Å². The minimum Gasteiger partial charge on any atom is -0.497 e. The van der Waals surface area contributed by atoms with E-state index in [2.05, 4.69) is 4.98 Å². The van der Waals surface area contributed by atoms with Gasteiger partial charge in [0.2, 0.25) is 0 Å². The molecule has 19 heavy (non-hydrogen) atoms. The molecular formula is C14H18N2O2S. The minimum atomic E-state index is 0.475. The average Bonchev–Trinajstić information content (AvgIpc) is 2.83. The number of rotatable bonds is 6. The summed E-state index contributed by atoms with van der Waals surface area (Å²) in [6.45, 7) is 3.05. The first kappa shape index (κ1) is 13.8. The van der Waals surface area contributed by atoms with Crippen LogP contribution in [0.15, 0.2) is 23.6 Å². The monoisotopic (exact) mass is 278 g/mol. The molecule has 5 heteroatoms. The Morgan fingerprint density at radius 1 is 1.37 bits per heavy atom. The number of nitrogens with zero attached hydrogens (tertiary/aromatic N) is 1. The Balaban J connectivity index is 2.12. The molecule has 0 spiro atoms. The summed E-state index contributed by atoms with van der Waals surface area (Å²) >= 11 is 1.61. The number of benzene rings is 1. The number of aryl methyl sites for hydroxylation is 1. The van der Waals surface area contributed by atoms with Crippen LogP contribution in [0.25, 0.3) is 0 Å². The highest BCUT2D eigenvalue weighted by Crippen LogP contribution is 2.26. The summed E-state index contributed by atoms with van der Waals surface area (Å²) in [6, 6.07) is 5.81. The fraction of sp³-hybridized carbons (Fsp3) is 0.357. The quantitative estimate of drug-likeness (QED) is 0.882. The number of nitrogens with two attached hydrogens (primary N) is 1. The van der Waals surface area contributed by atoms with Gasteiger partial charge in [0.1, 0.15) is 23.1 Å². The Morgan fingerprint density at radius 3 is 2.84 bits per heavy atom. The van der Waals surface area contributed by atoms with Gasteiger partial charge in [-0.15, -0.1) is 11.3 Å². The van der Waals surface area contributed by atoms with E-state index in [1.165, 1.54) is 0 Å². The van der Waals surface area contributed by atoms with Crippen molar-refractivity contribution in [2.45, 2.75) is 20.0 Å². The molecule has 1 heterocycles. The van der Waals surface area contributed by atoms with Crippen LogP contribution >= 0.6 is 11.3 Å². The van der Waals surface area contributed by atoms with E-state index in [0.717, 1.165) is 34.2 Å². The first-order chi connectivity index (χ1) is 9.22. The van der Waals surface area contributed by atoms with E-state index in [4.69, 9.17) is 15.2 Å². The molecule has 0 saturated heterocycles. The summed E-state index contributed by atoms with van der Waals surface area (Å²) in [5.74, 6) is 1.60. The van der Waals surface area contributed by atoms with Crippen LogP contribution < -0.4 is 15.2 Å². The molecule has 0 aliphatic carbocycles. The van der Waals surface area contributed by atoms with E-state index in [1.54, 1.807) is 18.4 Å². The van der Waals surface area contributed by atoms with Crippen LogP contribution in [-0.4, -0.2) is 18.6 Å². The molecule has 2 rings (SSSR count). The SMILES string of the molecule is COc1ccc(CCN)c(OCc2nc(C)cs2)c1. The summed E-state index contributed by atoms with van der Waals surface area (Å²) in [6.07, 6.45) is 0.788. The lowest BCUT2D eigenvalue weighted by Gasteiger charge is -2.11. The molecule has 0 fully saturated rings. The summed E-state index contributed by atoms with van der Waals surface area (Å²) in [5, 5.41) is 2.99. The number of hydrogen-bond acceptors (Lipinski definition) is 5. The fourth-order valence-electron chi connectivity index (χ4n) is 1.77. The van der Waals surface area contributed by atoms with Crippen molar-refractivity contribution in [3.63, 3.8) is 0 Å². The van der Waals surface area contributed by atoms with Crippen molar-refractivity contribution in [1.82, 2.24) is 4.98 Å². The molecule has 1 aromatic carbocycles. The van der Waals surface area contributed by atoms with Gasteiger partial charge in [0.15, 0.2) is 0 Å². The zero-order chi connectivity index (χ0) is 13.7. The number of thiazole rings is 1. The third kappa shape index (κ3) is 3.68. The maximum atomic E-state index is 5.84. The summed E-state index contributed by atoms with van der Waals surface area (Å²) in [4.78, 5) is 4.38. The second-order valence-corrected chi connectivity index (χ2v) is 5.13. The van der Waals surface area contributed by atoms with Gasteiger partial charge in [-0.3, -0.25) is 0 Å². The van der Waals surface area contributed by atoms with Crippen LogP contribution in [0.2, 0.25) is 0 Å². The Labute approximate surface area is 117 Å². The lowest BCUT2D eigenvalue weighted by molar-refractivity contribution is 0.299. The summed E-state index contributed by atoms with van der Waals surface area (Å²) in [7, 11) is 1.64. The van der Waals surface area contributed by atoms with E-state index in [0.29, 0.717) is 13.2 Å². The maximum Gasteiger partial charge on any atom is 0.140 e.